The van der Waals surface area contributed by atoms with Crippen molar-refractivity contribution in [1.82, 2.24) is 10.2 Å². The molecule has 3 heteroatoms. The lowest BCUT2D eigenvalue weighted by molar-refractivity contribution is 0.0770. The SMILES string of the molecule is CC(C)OCCCNCCN1CCc2ccccc2CC1. The van der Waals surface area contributed by atoms with Crippen LogP contribution >= 0.6 is 0 Å². The Labute approximate surface area is 129 Å². The van der Waals surface area contributed by atoms with Crippen molar-refractivity contribution in [3.63, 3.8) is 0 Å². The van der Waals surface area contributed by atoms with Crippen molar-refractivity contribution in [2.75, 3.05) is 39.3 Å². The molecule has 0 spiro atoms. The van der Waals surface area contributed by atoms with Crippen LogP contribution in [-0.2, 0) is 17.6 Å². The van der Waals surface area contributed by atoms with Crippen LogP contribution < -0.4 is 5.32 Å². The predicted octanol–water partition coefficient (Wildman–Crippen LogP) is 2.49. The number of benzene rings is 1. The lowest BCUT2D eigenvalue weighted by Gasteiger charge is -2.19. The molecule has 0 aromatic heterocycles. The fraction of sp³-hybridized carbons (Fsp3) is 0.667. The summed E-state index contributed by atoms with van der Waals surface area (Å²) in [7, 11) is 0. The van der Waals surface area contributed by atoms with E-state index in [1.54, 1.807) is 11.1 Å². The average Bonchev–Trinajstić information content (AvgIpc) is 2.69. The van der Waals surface area contributed by atoms with Gasteiger partial charge in [-0.2, -0.15) is 0 Å². The second kappa shape index (κ2) is 9.19. The quantitative estimate of drug-likeness (QED) is 0.745. The van der Waals surface area contributed by atoms with Crippen molar-refractivity contribution >= 4 is 0 Å². The van der Waals surface area contributed by atoms with Crippen molar-refractivity contribution < 1.29 is 4.74 Å². The predicted molar refractivity (Wildman–Crippen MR) is 88.9 cm³/mol. The highest BCUT2D eigenvalue weighted by Crippen LogP contribution is 2.14. The van der Waals surface area contributed by atoms with Gasteiger partial charge in [-0.15, -0.1) is 0 Å². The number of ether oxygens (including phenoxy) is 1. The van der Waals surface area contributed by atoms with E-state index in [0.717, 1.165) is 32.7 Å². The van der Waals surface area contributed by atoms with Gasteiger partial charge < -0.3 is 15.0 Å². The number of fused-ring (bicyclic) bond motifs is 1. The van der Waals surface area contributed by atoms with Gasteiger partial charge in [0.25, 0.3) is 0 Å². The summed E-state index contributed by atoms with van der Waals surface area (Å²) in [5.74, 6) is 0. The van der Waals surface area contributed by atoms with E-state index in [1.807, 2.05) is 0 Å². The van der Waals surface area contributed by atoms with Gasteiger partial charge in [0.2, 0.25) is 0 Å². The molecule has 0 radical (unpaired) electrons. The van der Waals surface area contributed by atoms with Crippen molar-refractivity contribution in [3.8, 4) is 0 Å². The second-order valence-corrected chi connectivity index (χ2v) is 6.13. The maximum Gasteiger partial charge on any atom is 0.0518 e. The molecule has 1 aliphatic heterocycles. The van der Waals surface area contributed by atoms with Gasteiger partial charge in [0.05, 0.1) is 6.10 Å². The molecular formula is C18H30N2O. The third-order valence-corrected chi connectivity index (χ3v) is 4.07. The van der Waals surface area contributed by atoms with Gasteiger partial charge in [-0.3, -0.25) is 0 Å². The maximum absolute atomic E-state index is 5.54. The number of rotatable bonds is 8. The Morgan fingerprint density at radius 3 is 2.38 bits per heavy atom. The summed E-state index contributed by atoms with van der Waals surface area (Å²) in [6, 6.07) is 8.89. The molecule has 118 valence electrons. The molecule has 1 aliphatic rings. The standard InChI is InChI=1S/C18H30N2O/c1-16(2)21-15-5-10-19-11-14-20-12-8-17-6-3-4-7-18(17)9-13-20/h3-4,6-7,16,19H,5,8-15H2,1-2H3. The fourth-order valence-corrected chi connectivity index (χ4v) is 2.82. The Hall–Kier alpha value is -0.900. The third-order valence-electron chi connectivity index (χ3n) is 4.07. The molecule has 0 saturated heterocycles. The Morgan fingerprint density at radius 2 is 1.76 bits per heavy atom. The van der Waals surface area contributed by atoms with Gasteiger partial charge in [-0.1, -0.05) is 24.3 Å². The van der Waals surface area contributed by atoms with E-state index in [4.69, 9.17) is 4.74 Å². The minimum absolute atomic E-state index is 0.351. The van der Waals surface area contributed by atoms with E-state index in [9.17, 15) is 0 Å². The molecule has 0 aliphatic carbocycles. The molecule has 0 unspecified atom stereocenters. The molecule has 21 heavy (non-hydrogen) atoms. The van der Waals surface area contributed by atoms with Gasteiger partial charge >= 0.3 is 0 Å². The van der Waals surface area contributed by atoms with Crippen molar-refractivity contribution in [3.05, 3.63) is 35.4 Å². The molecule has 1 aromatic carbocycles. The molecule has 3 nitrogen and oxygen atoms in total. The van der Waals surface area contributed by atoms with Crippen LogP contribution in [0.5, 0.6) is 0 Å². The van der Waals surface area contributed by atoms with Gasteiger partial charge in [-0.25, -0.2) is 0 Å². The Morgan fingerprint density at radius 1 is 1.10 bits per heavy atom. The lowest BCUT2D eigenvalue weighted by atomic mass is 10.0. The molecule has 2 rings (SSSR count). The Bertz CT molecular complexity index is 379. The van der Waals surface area contributed by atoms with Gasteiger partial charge in [0, 0.05) is 32.8 Å². The van der Waals surface area contributed by atoms with E-state index < -0.39 is 0 Å². The first-order chi connectivity index (χ1) is 10.3. The third kappa shape index (κ3) is 6.16. The Balaban J connectivity index is 1.56. The number of nitrogens with one attached hydrogen (secondary N) is 1. The van der Waals surface area contributed by atoms with Crippen molar-refractivity contribution in [1.29, 1.82) is 0 Å². The zero-order chi connectivity index (χ0) is 14.9. The van der Waals surface area contributed by atoms with Crippen LogP contribution in [0.15, 0.2) is 24.3 Å². The summed E-state index contributed by atoms with van der Waals surface area (Å²) in [4.78, 5) is 2.58. The van der Waals surface area contributed by atoms with Crippen molar-refractivity contribution in [2.45, 2.75) is 39.2 Å². The number of nitrogens with zero attached hydrogens (tertiary/aromatic N) is 1. The van der Waals surface area contributed by atoms with Crippen LogP contribution in [0.2, 0.25) is 0 Å². The smallest absolute Gasteiger partial charge is 0.0518 e. The van der Waals surface area contributed by atoms with E-state index in [0.29, 0.717) is 6.10 Å². The molecular weight excluding hydrogens is 260 g/mol. The van der Waals surface area contributed by atoms with Crippen LogP contribution in [0.1, 0.15) is 31.4 Å². The number of hydrogen-bond donors (Lipinski definition) is 1. The molecule has 0 saturated carbocycles. The molecule has 0 bridgehead atoms. The Kier molecular flexibility index (Phi) is 7.20. The summed E-state index contributed by atoms with van der Waals surface area (Å²) < 4.78 is 5.54. The minimum Gasteiger partial charge on any atom is -0.379 e. The van der Waals surface area contributed by atoms with Crippen LogP contribution in [0, 0.1) is 0 Å². The molecule has 0 fully saturated rings. The summed E-state index contributed by atoms with van der Waals surface area (Å²) in [5, 5.41) is 3.53. The van der Waals surface area contributed by atoms with E-state index in [1.165, 1.54) is 25.9 Å². The molecule has 1 heterocycles. The van der Waals surface area contributed by atoms with Crippen LogP contribution in [0.4, 0.5) is 0 Å². The molecule has 0 amide bonds. The largest absolute Gasteiger partial charge is 0.379 e. The first kappa shape index (κ1) is 16.5. The normalized spacial score (nSPS) is 16.0. The van der Waals surface area contributed by atoms with Crippen molar-refractivity contribution in [2.24, 2.45) is 0 Å². The summed E-state index contributed by atoms with van der Waals surface area (Å²) in [5.41, 5.74) is 3.08. The highest BCUT2D eigenvalue weighted by atomic mass is 16.5. The topological polar surface area (TPSA) is 24.5 Å². The number of hydrogen-bond acceptors (Lipinski definition) is 3. The van der Waals surface area contributed by atoms with Gasteiger partial charge in [-0.05, 0) is 50.8 Å². The van der Waals surface area contributed by atoms with Gasteiger partial charge in [0.15, 0.2) is 0 Å². The monoisotopic (exact) mass is 290 g/mol. The van der Waals surface area contributed by atoms with E-state index in [-0.39, 0.29) is 0 Å². The summed E-state index contributed by atoms with van der Waals surface area (Å²) >= 11 is 0. The summed E-state index contributed by atoms with van der Waals surface area (Å²) in [6.45, 7) is 10.7. The highest BCUT2D eigenvalue weighted by molar-refractivity contribution is 5.28. The molecule has 0 atom stereocenters. The van der Waals surface area contributed by atoms with Crippen LogP contribution in [0.25, 0.3) is 0 Å². The lowest BCUT2D eigenvalue weighted by Crippen LogP contribution is -2.34. The summed E-state index contributed by atoms with van der Waals surface area (Å²) in [6.07, 6.45) is 3.84. The molecule has 1 N–H and O–H groups in total. The fourth-order valence-electron chi connectivity index (χ4n) is 2.82. The van der Waals surface area contributed by atoms with Crippen LogP contribution in [-0.4, -0.2) is 50.3 Å². The average molecular weight is 290 g/mol. The van der Waals surface area contributed by atoms with Crippen LogP contribution in [0.3, 0.4) is 0 Å². The van der Waals surface area contributed by atoms with E-state index >= 15 is 0 Å². The molecule has 1 aromatic rings. The zero-order valence-corrected chi connectivity index (χ0v) is 13.6. The van der Waals surface area contributed by atoms with Gasteiger partial charge in [0.1, 0.15) is 0 Å². The zero-order valence-electron chi connectivity index (χ0n) is 13.6. The first-order valence-corrected chi connectivity index (χ1v) is 8.37. The highest BCUT2D eigenvalue weighted by Gasteiger charge is 2.12. The maximum atomic E-state index is 5.54. The minimum atomic E-state index is 0.351. The van der Waals surface area contributed by atoms with E-state index in [2.05, 4.69) is 48.3 Å². The first-order valence-electron chi connectivity index (χ1n) is 8.37. The second-order valence-electron chi connectivity index (χ2n) is 6.13.